The lowest BCUT2D eigenvalue weighted by atomic mass is 10.0. The van der Waals surface area contributed by atoms with Gasteiger partial charge in [-0.05, 0) is 92.3 Å². The van der Waals surface area contributed by atoms with Crippen LogP contribution in [0.4, 0.5) is 8.78 Å². The third kappa shape index (κ3) is 6.72. The van der Waals surface area contributed by atoms with Crippen molar-refractivity contribution < 1.29 is 8.78 Å². The molecule has 0 atom stereocenters. The van der Waals surface area contributed by atoms with Crippen LogP contribution < -0.4 is 0 Å². The lowest BCUT2D eigenvalue weighted by Crippen LogP contribution is -1.96. The minimum Gasteiger partial charge on any atom is -0.297 e. The van der Waals surface area contributed by atoms with Crippen LogP contribution in [0.2, 0.25) is 10.0 Å². The molecule has 6 heterocycles. The van der Waals surface area contributed by atoms with Crippen LogP contribution in [0.5, 0.6) is 0 Å². The van der Waals surface area contributed by atoms with Crippen molar-refractivity contribution >= 4 is 89.7 Å². The molecule has 0 aliphatic carbocycles. The van der Waals surface area contributed by atoms with E-state index in [0.29, 0.717) is 56.1 Å². The van der Waals surface area contributed by atoms with Gasteiger partial charge in [-0.15, -0.1) is 0 Å². The Morgan fingerprint density at radius 1 is 0.569 bits per heavy atom. The first kappa shape index (κ1) is 37.1. The highest BCUT2D eigenvalue weighted by molar-refractivity contribution is 7.08. The SMILES string of the molecule is N#CCc1ccc(-n2cnc3cnc4cc(F)c(-c5ccsc5)cc4c32)c(Cl)c1.N#CCc1ccc(-n2cnc3cnc4cc(F)c(-c5ccsc5)cc4c32)c(Cl)c1. The summed E-state index contributed by atoms with van der Waals surface area (Å²) in [7, 11) is 0. The Labute approximate surface area is 347 Å². The summed E-state index contributed by atoms with van der Waals surface area (Å²) in [4.78, 5) is 17.7. The van der Waals surface area contributed by atoms with Crippen LogP contribution >= 0.6 is 45.9 Å². The second kappa shape index (κ2) is 15.4. The molecular formula is C44H24Cl2F2N8S2. The van der Waals surface area contributed by atoms with E-state index in [4.69, 9.17) is 33.7 Å². The van der Waals surface area contributed by atoms with Gasteiger partial charge in [-0.25, -0.2) is 18.7 Å². The Morgan fingerprint density at radius 2 is 1.02 bits per heavy atom. The van der Waals surface area contributed by atoms with Crippen molar-refractivity contribution in [2.45, 2.75) is 12.8 Å². The number of hydrogen-bond donors (Lipinski definition) is 0. The highest BCUT2D eigenvalue weighted by Crippen LogP contribution is 2.36. The van der Waals surface area contributed by atoms with E-state index in [1.54, 1.807) is 37.2 Å². The van der Waals surface area contributed by atoms with E-state index in [1.165, 1.54) is 34.8 Å². The standard InChI is InChI=1S/2C22H12ClFN4S/c2*23-17-7-13(3-5-25)1-2-21(17)28-12-27-20-10-26-19-9-18(24)15(8-16(19)22(20)28)14-4-6-29-11-14/h2*1-2,4,6-12H,3H2. The Balaban J connectivity index is 0.000000150. The van der Waals surface area contributed by atoms with Crippen molar-refractivity contribution in [3.05, 3.63) is 152 Å². The maximum atomic E-state index is 14.7. The first-order valence-corrected chi connectivity index (χ1v) is 20.2. The fraction of sp³-hybridized carbons (Fsp3) is 0.0455. The van der Waals surface area contributed by atoms with Gasteiger partial charge in [-0.1, -0.05) is 35.3 Å². The van der Waals surface area contributed by atoms with Gasteiger partial charge in [-0.2, -0.15) is 33.2 Å². The van der Waals surface area contributed by atoms with E-state index >= 15 is 0 Å². The van der Waals surface area contributed by atoms with Gasteiger partial charge in [0.15, 0.2) is 0 Å². The van der Waals surface area contributed by atoms with Crippen LogP contribution in [-0.4, -0.2) is 29.1 Å². The van der Waals surface area contributed by atoms with E-state index in [1.807, 2.05) is 79.2 Å². The number of nitriles is 2. The Kier molecular flexibility index (Phi) is 9.86. The largest absolute Gasteiger partial charge is 0.297 e. The van der Waals surface area contributed by atoms with E-state index in [-0.39, 0.29) is 11.6 Å². The summed E-state index contributed by atoms with van der Waals surface area (Å²) in [5.74, 6) is -0.625. The van der Waals surface area contributed by atoms with Gasteiger partial charge in [0.05, 0.1) is 80.9 Å². The van der Waals surface area contributed by atoms with Crippen molar-refractivity contribution in [3.8, 4) is 45.8 Å². The molecule has 0 spiro atoms. The Morgan fingerprint density at radius 3 is 1.40 bits per heavy atom. The fourth-order valence-electron chi connectivity index (χ4n) is 6.97. The van der Waals surface area contributed by atoms with Gasteiger partial charge >= 0.3 is 0 Å². The molecule has 0 amide bonds. The number of thiophene rings is 2. The highest BCUT2D eigenvalue weighted by Gasteiger charge is 2.18. The zero-order valence-corrected chi connectivity index (χ0v) is 33.0. The first-order valence-electron chi connectivity index (χ1n) is 17.6. The summed E-state index contributed by atoms with van der Waals surface area (Å²) >= 11 is 16.1. The van der Waals surface area contributed by atoms with Crippen molar-refractivity contribution in [2.75, 3.05) is 0 Å². The summed E-state index contributed by atoms with van der Waals surface area (Å²) < 4.78 is 33.2. The number of pyridine rings is 2. The summed E-state index contributed by atoms with van der Waals surface area (Å²) in [6, 6.07) is 25.6. The van der Waals surface area contributed by atoms with Gasteiger partial charge in [0.2, 0.25) is 0 Å². The molecule has 6 aromatic heterocycles. The molecule has 280 valence electrons. The minimum absolute atomic E-state index is 0.292. The zero-order valence-electron chi connectivity index (χ0n) is 29.9. The number of imidazole rings is 2. The van der Waals surface area contributed by atoms with E-state index in [9.17, 15) is 8.78 Å². The van der Waals surface area contributed by atoms with Crippen molar-refractivity contribution in [3.63, 3.8) is 0 Å². The minimum atomic E-state index is -0.312. The number of fused-ring (bicyclic) bond motifs is 6. The average molecular weight is 838 g/mol. The normalized spacial score (nSPS) is 11.2. The molecular weight excluding hydrogens is 814 g/mol. The molecule has 0 radical (unpaired) electrons. The zero-order chi connectivity index (χ0) is 39.9. The lowest BCUT2D eigenvalue weighted by molar-refractivity contribution is 0.632. The van der Waals surface area contributed by atoms with Crippen molar-refractivity contribution in [1.82, 2.24) is 29.1 Å². The molecule has 0 saturated carbocycles. The maximum Gasteiger partial charge on any atom is 0.133 e. The van der Waals surface area contributed by atoms with Crippen molar-refractivity contribution in [1.29, 1.82) is 10.5 Å². The molecule has 0 bridgehead atoms. The first-order chi connectivity index (χ1) is 28.3. The molecule has 0 unspecified atom stereocenters. The van der Waals surface area contributed by atoms with Crippen molar-refractivity contribution in [2.24, 2.45) is 0 Å². The number of nitrogens with zero attached hydrogens (tertiary/aromatic N) is 8. The van der Waals surface area contributed by atoms with E-state index < -0.39 is 0 Å². The molecule has 0 aliphatic heterocycles. The van der Waals surface area contributed by atoms with Crippen LogP contribution in [0.25, 0.3) is 77.5 Å². The fourth-order valence-corrected chi connectivity index (χ4v) is 8.87. The predicted molar refractivity (Wildman–Crippen MR) is 228 cm³/mol. The lowest BCUT2D eigenvalue weighted by Gasteiger charge is -2.11. The topological polar surface area (TPSA) is 109 Å². The molecule has 8 nitrogen and oxygen atoms in total. The number of aromatic nitrogens is 6. The average Bonchev–Trinajstić information content (AvgIpc) is 4.06. The second-order valence-electron chi connectivity index (χ2n) is 13.2. The molecule has 10 aromatic rings. The summed E-state index contributed by atoms with van der Waals surface area (Å²) in [5, 5.41) is 28.1. The molecule has 0 saturated heterocycles. The third-order valence-electron chi connectivity index (χ3n) is 9.70. The molecule has 0 aliphatic rings. The maximum absolute atomic E-state index is 14.7. The molecule has 0 N–H and O–H groups in total. The van der Waals surface area contributed by atoms with Gasteiger partial charge in [0, 0.05) is 34.0 Å². The van der Waals surface area contributed by atoms with Crippen LogP contribution in [0.1, 0.15) is 11.1 Å². The van der Waals surface area contributed by atoms with Gasteiger partial charge in [0.25, 0.3) is 0 Å². The van der Waals surface area contributed by atoms with E-state index in [2.05, 4.69) is 32.1 Å². The highest BCUT2D eigenvalue weighted by atomic mass is 35.5. The summed E-state index contributed by atoms with van der Waals surface area (Å²) in [6.07, 6.45) is 7.22. The number of halogens is 4. The van der Waals surface area contributed by atoms with Crippen LogP contribution in [0, 0.1) is 34.3 Å². The molecule has 10 rings (SSSR count). The number of rotatable bonds is 6. The summed E-state index contributed by atoms with van der Waals surface area (Å²) in [5.41, 5.74) is 9.98. The van der Waals surface area contributed by atoms with Crippen LogP contribution in [0.15, 0.2) is 119 Å². The van der Waals surface area contributed by atoms with Gasteiger partial charge in [0.1, 0.15) is 35.3 Å². The third-order valence-corrected chi connectivity index (χ3v) is 11.7. The number of benzene rings is 4. The smallest absolute Gasteiger partial charge is 0.133 e. The quantitative estimate of drug-likeness (QED) is 0.165. The second-order valence-corrected chi connectivity index (χ2v) is 15.6. The Hall–Kier alpha value is -6.54. The van der Waals surface area contributed by atoms with Gasteiger partial charge < -0.3 is 0 Å². The molecule has 58 heavy (non-hydrogen) atoms. The molecule has 4 aromatic carbocycles. The Bertz CT molecular complexity index is 3050. The summed E-state index contributed by atoms with van der Waals surface area (Å²) in [6.45, 7) is 0. The predicted octanol–water partition coefficient (Wildman–Crippen LogP) is 12.3. The van der Waals surface area contributed by atoms with E-state index in [0.717, 1.165) is 55.4 Å². The molecule has 14 heteroatoms. The molecule has 0 fully saturated rings. The number of hydrogen-bond acceptors (Lipinski definition) is 8. The monoisotopic (exact) mass is 836 g/mol. The van der Waals surface area contributed by atoms with Crippen LogP contribution in [-0.2, 0) is 12.8 Å². The van der Waals surface area contributed by atoms with Gasteiger partial charge in [-0.3, -0.25) is 19.1 Å². The van der Waals surface area contributed by atoms with Crippen LogP contribution in [0.3, 0.4) is 0 Å².